The van der Waals surface area contributed by atoms with Gasteiger partial charge >= 0.3 is 0 Å². The molecule has 14 nitrogen and oxygen atoms in total. The van der Waals surface area contributed by atoms with Gasteiger partial charge in [0.25, 0.3) is 20.0 Å². The Morgan fingerprint density at radius 3 is 1.55 bits per heavy atom. The van der Waals surface area contributed by atoms with E-state index in [1.54, 1.807) is 60.1 Å². The molecule has 19 heteroatoms. The van der Waals surface area contributed by atoms with E-state index in [1.807, 2.05) is 30.3 Å². The lowest BCUT2D eigenvalue weighted by Crippen LogP contribution is -2.33. The summed E-state index contributed by atoms with van der Waals surface area (Å²) < 4.78 is 87.0. The minimum atomic E-state index is -3.89. The molecule has 0 radical (unpaired) electrons. The Bertz CT molecular complexity index is 2060. The van der Waals surface area contributed by atoms with Crippen LogP contribution in [0.2, 0.25) is 0 Å². The third-order valence-electron chi connectivity index (χ3n) is 7.28. The van der Waals surface area contributed by atoms with Crippen molar-refractivity contribution in [1.82, 2.24) is 10.3 Å². The van der Waals surface area contributed by atoms with Crippen LogP contribution in [0.5, 0.6) is 0 Å². The van der Waals surface area contributed by atoms with E-state index in [1.165, 1.54) is 17.4 Å². The largest absolute Gasteiger partial charge is 0.382 e. The van der Waals surface area contributed by atoms with E-state index in [4.69, 9.17) is 28.0 Å². The van der Waals surface area contributed by atoms with Crippen LogP contribution in [0.3, 0.4) is 0 Å². The van der Waals surface area contributed by atoms with Gasteiger partial charge in [-0.2, -0.15) is 0 Å². The molecule has 278 valence electrons. The summed E-state index contributed by atoms with van der Waals surface area (Å²) in [6.45, 7) is 7.91. The van der Waals surface area contributed by atoms with Crippen LogP contribution >= 0.6 is 38.6 Å². The highest BCUT2D eigenvalue weighted by atomic mass is 79.9. The molecule has 0 amide bonds. The molecule has 0 bridgehead atoms. The smallest absolute Gasteiger partial charge is 0.278 e. The summed E-state index contributed by atoms with van der Waals surface area (Å²) in [5.74, 6) is 0.314. The second-order valence-corrected chi connectivity index (χ2v) is 18.4. The molecule has 0 unspecified atom stereocenters. The van der Waals surface area contributed by atoms with Crippen molar-refractivity contribution in [1.29, 1.82) is 0 Å². The van der Waals surface area contributed by atoms with Crippen LogP contribution in [0.1, 0.15) is 22.5 Å². The molecule has 5 aromatic rings. The van der Waals surface area contributed by atoms with Gasteiger partial charge in [0.05, 0.1) is 41.6 Å². The van der Waals surface area contributed by atoms with Gasteiger partial charge in [-0.1, -0.05) is 40.6 Å². The van der Waals surface area contributed by atoms with Gasteiger partial charge in [-0.25, -0.2) is 25.4 Å². The minimum absolute atomic E-state index is 0.157. The average molecular weight is 848 g/mol. The molecule has 1 aromatic carbocycles. The first kappa shape index (κ1) is 40.6. The van der Waals surface area contributed by atoms with Gasteiger partial charge in [0, 0.05) is 30.2 Å². The molecular weight excluding hydrogens is 809 g/mol. The quantitative estimate of drug-likeness (QED) is 0.0714. The highest BCUT2D eigenvalue weighted by molar-refractivity contribution is 9.11. The van der Waals surface area contributed by atoms with Crippen molar-refractivity contribution in [3.8, 4) is 10.4 Å². The van der Waals surface area contributed by atoms with Crippen molar-refractivity contribution in [2.24, 2.45) is 0 Å². The number of sulfonamides is 2. The van der Waals surface area contributed by atoms with E-state index >= 15 is 0 Å². The Balaban J connectivity index is 0.000000233. The van der Waals surface area contributed by atoms with E-state index in [0.29, 0.717) is 35.7 Å². The number of hydrogen-bond donors (Lipinski definition) is 0. The van der Waals surface area contributed by atoms with E-state index in [0.717, 1.165) is 34.2 Å². The number of rotatable bonds is 17. The lowest BCUT2D eigenvalue weighted by molar-refractivity contribution is 0.0744. The van der Waals surface area contributed by atoms with Crippen LogP contribution < -0.4 is 8.61 Å². The summed E-state index contributed by atoms with van der Waals surface area (Å²) in [6.07, 6.45) is 0. The van der Waals surface area contributed by atoms with Crippen molar-refractivity contribution in [3.63, 3.8) is 0 Å². The number of nitrogens with zero attached hydrogens (tertiary/aromatic N) is 4. The second kappa shape index (κ2) is 18.6. The molecule has 0 N–H and O–H groups in total. The van der Waals surface area contributed by atoms with E-state index in [9.17, 15) is 16.8 Å². The van der Waals surface area contributed by atoms with E-state index < -0.39 is 20.0 Å². The van der Waals surface area contributed by atoms with Gasteiger partial charge < -0.3 is 28.0 Å². The van der Waals surface area contributed by atoms with Gasteiger partial charge in [-0.05, 0) is 73.5 Å². The fourth-order valence-electron chi connectivity index (χ4n) is 4.20. The maximum atomic E-state index is 13.3. The monoisotopic (exact) mass is 846 g/mol. The number of benzene rings is 1. The first-order valence-corrected chi connectivity index (χ1v) is 20.6. The van der Waals surface area contributed by atoms with Crippen molar-refractivity contribution in [3.05, 3.63) is 80.9 Å². The molecule has 0 aliphatic carbocycles. The highest BCUT2D eigenvalue weighted by Gasteiger charge is 2.33. The molecule has 4 heterocycles. The topological polar surface area (TPSA) is 164 Å². The Kier molecular flexibility index (Phi) is 14.8. The maximum absolute atomic E-state index is 13.3. The normalized spacial score (nSPS) is 11.7. The Morgan fingerprint density at radius 1 is 0.667 bits per heavy atom. The molecule has 0 atom stereocenters. The summed E-state index contributed by atoms with van der Waals surface area (Å²) in [5, 5.41) is 7.71. The molecule has 0 spiro atoms. The number of thiophene rings is 2. The Hall–Kier alpha value is -3.14. The maximum Gasteiger partial charge on any atom is 0.278 e. The zero-order valence-corrected chi connectivity index (χ0v) is 33.7. The SMILES string of the molecule is COCCOCN(c1onc(C)c1C)S(=O)(=O)c1ccc(-c2ccccc2)s1.COCCOCN(c1onc(C)c1C)S(=O)(=O)c1ccc(Br)s1. The first-order valence-electron chi connectivity index (χ1n) is 15.3. The number of hydrogen-bond acceptors (Lipinski definition) is 14. The molecule has 51 heavy (non-hydrogen) atoms. The van der Waals surface area contributed by atoms with Crippen molar-refractivity contribution in [2.45, 2.75) is 36.1 Å². The third kappa shape index (κ3) is 10.1. The average Bonchev–Trinajstić information content (AvgIpc) is 3.92. The van der Waals surface area contributed by atoms with Crippen molar-refractivity contribution >= 4 is 70.4 Å². The molecule has 0 fully saturated rings. The van der Waals surface area contributed by atoms with Gasteiger partial charge in [0.1, 0.15) is 21.9 Å². The standard InChI is InChI=1S/C19H22N2O5S2.C13H17BrN2O5S2/c1-14-15(2)20-26-19(14)21(13-25-12-11-24-3)28(22,23)18-10-9-17(27-18)16-7-5-4-6-8-16;1-9-10(2)15-21-13(9)16(8-20-7-6-19-3)23(17,18)12-5-4-11(14)22-12/h4-10H,11-13H2,1-3H3;4-5H,6-8H2,1-3H3. The molecule has 4 aromatic heterocycles. The van der Waals surface area contributed by atoms with Crippen molar-refractivity contribution < 1.29 is 44.8 Å². The van der Waals surface area contributed by atoms with Crippen LogP contribution in [0.25, 0.3) is 10.4 Å². The molecular formula is C32H39BrN4O10S4. The number of aromatic nitrogens is 2. The number of halogens is 1. The Morgan fingerprint density at radius 2 is 1.14 bits per heavy atom. The second-order valence-electron chi connectivity index (χ2n) is 10.7. The summed E-state index contributed by atoms with van der Waals surface area (Å²) >= 11 is 5.59. The minimum Gasteiger partial charge on any atom is -0.382 e. The van der Waals surface area contributed by atoms with Gasteiger partial charge in [-0.3, -0.25) is 0 Å². The summed E-state index contributed by atoms with van der Waals surface area (Å²) in [5.41, 5.74) is 3.52. The fraction of sp³-hybridized carbons (Fsp3) is 0.375. The van der Waals surface area contributed by atoms with Crippen LogP contribution in [-0.2, 0) is 39.0 Å². The van der Waals surface area contributed by atoms with E-state index in [2.05, 4.69) is 26.2 Å². The Labute approximate surface area is 314 Å². The summed E-state index contributed by atoms with van der Waals surface area (Å²) in [4.78, 5) is 0.866. The number of ether oxygens (including phenoxy) is 4. The highest BCUT2D eigenvalue weighted by Crippen LogP contribution is 2.36. The number of anilines is 2. The van der Waals surface area contributed by atoms with Crippen LogP contribution in [0.4, 0.5) is 11.8 Å². The van der Waals surface area contributed by atoms with E-state index in [-0.39, 0.29) is 46.9 Å². The molecule has 0 saturated heterocycles. The predicted octanol–water partition coefficient (Wildman–Crippen LogP) is 6.77. The van der Waals surface area contributed by atoms with Crippen molar-refractivity contribution in [2.75, 3.05) is 62.7 Å². The number of aryl methyl sites for hydroxylation is 2. The molecule has 0 aliphatic heterocycles. The number of methoxy groups -OCH3 is 2. The van der Waals surface area contributed by atoms with Gasteiger partial charge in [0.2, 0.25) is 11.8 Å². The van der Waals surface area contributed by atoms with Crippen LogP contribution in [0.15, 0.2) is 75.8 Å². The summed E-state index contributed by atoms with van der Waals surface area (Å²) in [7, 11) is -4.59. The summed E-state index contributed by atoms with van der Waals surface area (Å²) in [6, 6.07) is 16.3. The van der Waals surface area contributed by atoms with Gasteiger partial charge in [0.15, 0.2) is 0 Å². The van der Waals surface area contributed by atoms with Crippen LogP contribution in [0, 0.1) is 27.7 Å². The lowest BCUT2D eigenvalue weighted by Gasteiger charge is -2.21. The van der Waals surface area contributed by atoms with Gasteiger partial charge in [-0.15, -0.1) is 22.7 Å². The zero-order chi connectivity index (χ0) is 37.2. The third-order valence-corrected chi connectivity index (χ3v) is 14.4. The zero-order valence-electron chi connectivity index (χ0n) is 28.8. The molecule has 0 aliphatic rings. The first-order chi connectivity index (χ1) is 24.3. The lowest BCUT2D eigenvalue weighted by atomic mass is 10.2. The fourth-order valence-corrected chi connectivity index (χ4v) is 10.4. The molecule has 5 rings (SSSR count). The molecule has 0 saturated carbocycles. The predicted molar refractivity (Wildman–Crippen MR) is 198 cm³/mol. The van der Waals surface area contributed by atoms with Crippen LogP contribution in [-0.4, -0.2) is 81.3 Å².